The second kappa shape index (κ2) is 5.02. The maximum Gasteiger partial charge on any atom is 0.133 e. The van der Waals surface area contributed by atoms with Crippen molar-refractivity contribution in [3.63, 3.8) is 0 Å². The highest BCUT2D eigenvalue weighted by Crippen LogP contribution is 2.24. The maximum absolute atomic E-state index is 5.88. The molecule has 0 unspecified atom stereocenters. The minimum atomic E-state index is 0.260. The molecule has 0 radical (unpaired) electrons. The summed E-state index contributed by atoms with van der Waals surface area (Å²) in [6.45, 7) is 2.09. The number of aryl methyl sites for hydroxylation is 1. The van der Waals surface area contributed by atoms with Gasteiger partial charge in [0, 0.05) is 13.5 Å². The van der Waals surface area contributed by atoms with Gasteiger partial charge in [-0.2, -0.15) is 0 Å². The number of rotatable bonds is 3. The third kappa shape index (κ3) is 2.96. The molecule has 0 aliphatic rings. The zero-order valence-corrected chi connectivity index (χ0v) is 11.1. The van der Waals surface area contributed by atoms with E-state index in [0.717, 1.165) is 17.8 Å². The molecule has 90 valence electrons. The van der Waals surface area contributed by atoms with E-state index in [1.165, 1.54) is 0 Å². The molecule has 0 aliphatic heterocycles. The molecule has 0 spiro atoms. The molecular weight excluding hydrogens is 259 g/mol. The SMILES string of the molecule is C[C@@H](Cc1nncn1C)c1cc(Cl)nc(Cl)c1. The molecule has 4 nitrogen and oxygen atoms in total. The van der Waals surface area contributed by atoms with Crippen molar-refractivity contribution in [2.45, 2.75) is 19.3 Å². The zero-order valence-electron chi connectivity index (χ0n) is 9.56. The van der Waals surface area contributed by atoms with E-state index in [9.17, 15) is 0 Å². The molecule has 17 heavy (non-hydrogen) atoms. The summed E-state index contributed by atoms with van der Waals surface area (Å²) in [5.74, 6) is 1.19. The summed E-state index contributed by atoms with van der Waals surface area (Å²) < 4.78 is 1.90. The van der Waals surface area contributed by atoms with Crippen molar-refractivity contribution >= 4 is 23.2 Å². The highest BCUT2D eigenvalue weighted by atomic mass is 35.5. The van der Waals surface area contributed by atoms with Crippen molar-refractivity contribution in [1.29, 1.82) is 0 Å². The lowest BCUT2D eigenvalue weighted by Crippen LogP contribution is -2.04. The molecule has 1 atom stereocenters. The van der Waals surface area contributed by atoms with Gasteiger partial charge in [0.15, 0.2) is 0 Å². The van der Waals surface area contributed by atoms with E-state index in [0.29, 0.717) is 10.3 Å². The van der Waals surface area contributed by atoms with Crippen LogP contribution >= 0.6 is 23.2 Å². The average Bonchev–Trinajstić information content (AvgIpc) is 2.63. The summed E-state index contributed by atoms with van der Waals surface area (Å²) in [6, 6.07) is 3.66. The van der Waals surface area contributed by atoms with E-state index < -0.39 is 0 Å². The fourth-order valence-electron chi connectivity index (χ4n) is 1.65. The number of hydrogen-bond donors (Lipinski definition) is 0. The summed E-state index contributed by atoms with van der Waals surface area (Å²) in [6.07, 6.45) is 2.47. The third-order valence-electron chi connectivity index (χ3n) is 2.65. The predicted octanol–water partition coefficient (Wildman–Crippen LogP) is 2.86. The highest BCUT2D eigenvalue weighted by molar-refractivity contribution is 6.32. The molecule has 0 aromatic carbocycles. The van der Waals surface area contributed by atoms with Crippen molar-refractivity contribution in [2.24, 2.45) is 7.05 Å². The first-order valence-electron chi connectivity index (χ1n) is 5.22. The van der Waals surface area contributed by atoms with Crippen LogP contribution in [0.2, 0.25) is 10.3 Å². The molecule has 2 rings (SSSR count). The molecule has 0 saturated heterocycles. The minimum Gasteiger partial charge on any atom is -0.321 e. The Balaban J connectivity index is 2.20. The van der Waals surface area contributed by atoms with E-state index in [4.69, 9.17) is 23.2 Å². The first kappa shape index (κ1) is 12.3. The van der Waals surface area contributed by atoms with Crippen LogP contribution in [0.4, 0.5) is 0 Å². The van der Waals surface area contributed by atoms with Crippen LogP contribution < -0.4 is 0 Å². The van der Waals surface area contributed by atoms with E-state index in [1.807, 2.05) is 23.7 Å². The Kier molecular flexibility index (Phi) is 3.64. The predicted molar refractivity (Wildman–Crippen MR) is 67.4 cm³/mol. The van der Waals surface area contributed by atoms with Gasteiger partial charge in [-0.15, -0.1) is 10.2 Å². The van der Waals surface area contributed by atoms with Gasteiger partial charge in [-0.05, 0) is 23.6 Å². The summed E-state index contributed by atoms with van der Waals surface area (Å²) in [7, 11) is 1.93. The van der Waals surface area contributed by atoms with Gasteiger partial charge in [0.25, 0.3) is 0 Å². The fourth-order valence-corrected chi connectivity index (χ4v) is 2.13. The van der Waals surface area contributed by atoms with Gasteiger partial charge in [0.1, 0.15) is 22.5 Å². The second-order valence-electron chi connectivity index (χ2n) is 4.01. The lowest BCUT2D eigenvalue weighted by Gasteiger charge is -2.11. The average molecular weight is 271 g/mol. The normalized spacial score (nSPS) is 12.7. The summed E-state index contributed by atoms with van der Waals surface area (Å²) in [4.78, 5) is 3.93. The molecule has 0 fully saturated rings. The Morgan fingerprint density at radius 1 is 1.29 bits per heavy atom. The molecular formula is C11H12Cl2N4. The Morgan fingerprint density at radius 2 is 1.94 bits per heavy atom. The van der Waals surface area contributed by atoms with Crippen LogP contribution in [0.5, 0.6) is 0 Å². The monoisotopic (exact) mass is 270 g/mol. The van der Waals surface area contributed by atoms with Crippen molar-refractivity contribution in [3.05, 3.63) is 40.2 Å². The third-order valence-corrected chi connectivity index (χ3v) is 3.04. The number of pyridine rings is 1. The van der Waals surface area contributed by atoms with Gasteiger partial charge in [0.2, 0.25) is 0 Å². The largest absolute Gasteiger partial charge is 0.321 e. The van der Waals surface area contributed by atoms with Crippen molar-refractivity contribution in [2.75, 3.05) is 0 Å². The van der Waals surface area contributed by atoms with E-state index >= 15 is 0 Å². The first-order chi connectivity index (χ1) is 8.06. The van der Waals surface area contributed by atoms with Gasteiger partial charge in [-0.25, -0.2) is 4.98 Å². The van der Waals surface area contributed by atoms with Crippen LogP contribution in [0.3, 0.4) is 0 Å². The van der Waals surface area contributed by atoms with Gasteiger partial charge >= 0.3 is 0 Å². The quantitative estimate of drug-likeness (QED) is 0.806. The van der Waals surface area contributed by atoms with Gasteiger partial charge in [0.05, 0.1) is 0 Å². The summed E-state index contributed by atoms with van der Waals surface area (Å²) >= 11 is 11.8. The second-order valence-corrected chi connectivity index (χ2v) is 4.78. The Bertz CT molecular complexity index is 504. The number of nitrogens with zero attached hydrogens (tertiary/aromatic N) is 4. The molecule has 0 N–H and O–H groups in total. The minimum absolute atomic E-state index is 0.260. The van der Waals surface area contributed by atoms with Crippen molar-refractivity contribution in [1.82, 2.24) is 19.7 Å². The van der Waals surface area contributed by atoms with E-state index in [2.05, 4.69) is 22.1 Å². The molecule has 2 aromatic heterocycles. The Morgan fingerprint density at radius 3 is 2.47 bits per heavy atom. The topological polar surface area (TPSA) is 43.6 Å². The molecule has 0 saturated carbocycles. The van der Waals surface area contributed by atoms with Gasteiger partial charge < -0.3 is 4.57 Å². The summed E-state index contributed by atoms with van der Waals surface area (Å²) in [5, 5.41) is 8.74. The lowest BCUT2D eigenvalue weighted by atomic mass is 9.99. The summed E-state index contributed by atoms with van der Waals surface area (Å²) in [5.41, 5.74) is 1.05. The Hall–Kier alpha value is -1.13. The molecule has 0 bridgehead atoms. The lowest BCUT2D eigenvalue weighted by molar-refractivity contribution is 0.680. The number of hydrogen-bond acceptors (Lipinski definition) is 3. The number of aromatic nitrogens is 4. The number of halogens is 2. The molecule has 6 heteroatoms. The molecule has 2 heterocycles. The van der Waals surface area contributed by atoms with Crippen LogP contribution in [0, 0.1) is 0 Å². The van der Waals surface area contributed by atoms with Crippen LogP contribution in [-0.2, 0) is 13.5 Å². The van der Waals surface area contributed by atoms with Crippen molar-refractivity contribution in [3.8, 4) is 0 Å². The highest BCUT2D eigenvalue weighted by Gasteiger charge is 2.12. The van der Waals surface area contributed by atoms with Crippen LogP contribution in [0.1, 0.15) is 24.2 Å². The first-order valence-corrected chi connectivity index (χ1v) is 5.97. The fraction of sp³-hybridized carbons (Fsp3) is 0.364. The smallest absolute Gasteiger partial charge is 0.133 e. The van der Waals surface area contributed by atoms with Crippen LogP contribution in [0.15, 0.2) is 18.5 Å². The van der Waals surface area contributed by atoms with E-state index in [-0.39, 0.29) is 5.92 Å². The van der Waals surface area contributed by atoms with Crippen LogP contribution in [0.25, 0.3) is 0 Å². The zero-order chi connectivity index (χ0) is 12.4. The van der Waals surface area contributed by atoms with Crippen molar-refractivity contribution < 1.29 is 0 Å². The molecule has 0 aliphatic carbocycles. The molecule has 0 amide bonds. The molecule has 2 aromatic rings. The Labute approximate surface area is 110 Å². The van der Waals surface area contributed by atoms with Gasteiger partial charge in [-0.1, -0.05) is 30.1 Å². The van der Waals surface area contributed by atoms with E-state index in [1.54, 1.807) is 6.33 Å². The standard InChI is InChI=1S/C11H12Cl2N4/c1-7(3-11-16-14-6-17(11)2)8-4-9(12)15-10(13)5-8/h4-7H,3H2,1-2H3/t7-/m0/s1. The van der Waals surface area contributed by atoms with Gasteiger partial charge in [-0.3, -0.25) is 0 Å². The van der Waals surface area contributed by atoms with Crippen LogP contribution in [-0.4, -0.2) is 19.7 Å². The maximum atomic E-state index is 5.88.